The predicted octanol–water partition coefficient (Wildman–Crippen LogP) is 3.06. The highest BCUT2D eigenvalue weighted by Gasteiger charge is 2.52. The highest BCUT2D eigenvalue weighted by molar-refractivity contribution is 7.99. The molecule has 0 unspecified atom stereocenters. The molecule has 0 bridgehead atoms. The Morgan fingerprint density at radius 2 is 1.17 bits per heavy atom. The molecule has 0 spiro atoms. The first-order chi connectivity index (χ1) is 22.5. The van der Waals surface area contributed by atoms with Crippen molar-refractivity contribution in [1.29, 1.82) is 0 Å². The molecule has 0 aromatic heterocycles. The number of aliphatic hydroxyl groups is 4. The minimum atomic E-state index is -1.39. The van der Waals surface area contributed by atoms with Crippen molar-refractivity contribution in [2.45, 2.75) is 78.7 Å². The minimum Gasteiger partial charge on any atom is -0.394 e. The SMILES string of the molecule is C=CCO[C@@H]1[C@@H](O)[C@H](O[C@@H]2[C@@H](O)[C@H](Sc3ccccc3)O[C@H](CO)[C@H]2OCc2ccccc2)O[C@H](CO)[C@H]1OCc1ccccc1. The van der Waals surface area contributed by atoms with E-state index >= 15 is 0 Å². The Morgan fingerprint density at radius 3 is 1.72 bits per heavy atom. The van der Waals surface area contributed by atoms with Crippen LogP contribution < -0.4 is 0 Å². The van der Waals surface area contributed by atoms with Crippen molar-refractivity contribution in [3.05, 3.63) is 115 Å². The van der Waals surface area contributed by atoms with Crippen molar-refractivity contribution in [1.82, 2.24) is 0 Å². The van der Waals surface area contributed by atoms with Gasteiger partial charge in [-0.2, -0.15) is 0 Å². The summed E-state index contributed by atoms with van der Waals surface area (Å²) in [4.78, 5) is 0.844. The van der Waals surface area contributed by atoms with E-state index in [2.05, 4.69) is 6.58 Å². The highest BCUT2D eigenvalue weighted by Crippen LogP contribution is 2.38. The number of aliphatic hydroxyl groups excluding tert-OH is 4. The van der Waals surface area contributed by atoms with Crippen molar-refractivity contribution >= 4 is 11.8 Å². The zero-order valence-corrected chi connectivity index (χ0v) is 26.2. The molecule has 3 aromatic carbocycles. The third-order valence-electron chi connectivity index (χ3n) is 7.85. The molecular weight excluding hydrogens is 612 g/mol. The fraction of sp³-hybridized carbons (Fsp3) is 0.429. The van der Waals surface area contributed by atoms with Crippen LogP contribution in [0.5, 0.6) is 0 Å². The van der Waals surface area contributed by atoms with Gasteiger partial charge in [-0.05, 0) is 23.3 Å². The molecule has 46 heavy (non-hydrogen) atoms. The Kier molecular flexibility index (Phi) is 13.2. The van der Waals surface area contributed by atoms with Crippen LogP contribution in [0.15, 0.2) is 109 Å². The van der Waals surface area contributed by atoms with Gasteiger partial charge in [-0.1, -0.05) is 96.7 Å². The summed E-state index contributed by atoms with van der Waals surface area (Å²) in [7, 11) is 0. The summed E-state index contributed by atoms with van der Waals surface area (Å²) in [5, 5.41) is 44.0. The fourth-order valence-corrected chi connectivity index (χ4v) is 6.62. The van der Waals surface area contributed by atoms with E-state index in [1.165, 1.54) is 11.8 Å². The van der Waals surface area contributed by atoms with E-state index < -0.39 is 73.8 Å². The number of ether oxygens (including phenoxy) is 6. The number of rotatable bonds is 15. The average molecular weight is 655 g/mol. The smallest absolute Gasteiger partial charge is 0.187 e. The number of thioether (sulfide) groups is 1. The Labute approximate surface area is 273 Å². The number of benzene rings is 3. The van der Waals surface area contributed by atoms with Crippen molar-refractivity contribution in [2.75, 3.05) is 19.8 Å². The van der Waals surface area contributed by atoms with Crippen LogP contribution >= 0.6 is 11.8 Å². The lowest BCUT2D eigenvalue weighted by atomic mass is 9.96. The van der Waals surface area contributed by atoms with Crippen LogP contribution in [0.4, 0.5) is 0 Å². The second-order valence-corrected chi connectivity index (χ2v) is 12.2. The second-order valence-electron chi connectivity index (χ2n) is 11.1. The van der Waals surface area contributed by atoms with Gasteiger partial charge in [0.15, 0.2) is 6.29 Å². The van der Waals surface area contributed by atoms with Crippen LogP contribution in [0.2, 0.25) is 0 Å². The second kappa shape index (κ2) is 17.5. The van der Waals surface area contributed by atoms with Gasteiger partial charge in [-0.15, -0.1) is 6.58 Å². The van der Waals surface area contributed by atoms with Crippen molar-refractivity contribution in [2.24, 2.45) is 0 Å². The highest BCUT2D eigenvalue weighted by atomic mass is 32.2. The van der Waals surface area contributed by atoms with Gasteiger partial charge in [0.05, 0.1) is 33.0 Å². The van der Waals surface area contributed by atoms with Crippen LogP contribution in [0.1, 0.15) is 11.1 Å². The number of hydrogen-bond acceptors (Lipinski definition) is 11. The van der Waals surface area contributed by atoms with Gasteiger partial charge in [0.2, 0.25) is 0 Å². The molecule has 0 radical (unpaired) electrons. The van der Waals surface area contributed by atoms with Crippen molar-refractivity contribution in [3.8, 4) is 0 Å². The maximum Gasteiger partial charge on any atom is 0.187 e. The summed E-state index contributed by atoms with van der Waals surface area (Å²) in [5.41, 5.74) is 0.930. The van der Waals surface area contributed by atoms with E-state index in [9.17, 15) is 20.4 Å². The Bertz CT molecular complexity index is 1300. The summed E-state index contributed by atoms with van der Waals surface area (Å²) < 4.78 is 37.0. The van der Waals surface area contributed by atoms with Crippen LogP contribution in [0.25, 0.3) is 0 Å². The lowest BCUT2D eigenvalue weighted by Crippen LogP contribution is -2.65. The van der Waals surface area contributed by atoms with Crippen LogP contribution in [-0.2, 0) is 41.6 Å². The van der Waals surface area contributed by atoms with Gasteiger partial charge < -0.3 is 48.8 Å². The largest absolute Gasteiger partial charge is 0.394 e. The van der Waals surface area contributed by atoms with E-state index in [1.807, 2.05) is 91.0 Å². The normalized spacial score (nSPS) is 31.4. The third-order valence-corrected chi connectivity index (χ3v) is 9.02. The lowest BCUT2D eigenvalue weighted by molar-refractivity contribution is -0.348. The van der Waals surface area contributed by atoms with E-state index in [1.54, 1.807) is 6.08 Å². The van der Waals surface area contributed by atoms with Crippen molar-refractivity contribution < 1.29 is 48.8 Å². The van der Waals surface area contributed by atoms with Gasteiger partial charge in [0.1, 0.15) is 54.3 Å². The molecule has 2 heterocycles. The molecule has 4 N–H and O–H groups in total. The van der Waals surface area contributed by atoms with E-state index in [4.69, 9.17) is 28.4 Å². The standard InChI is InChI=1S/C35H42O10S/c1-2-18-40-32-28(38)34(43-26(19-36)30(32)41-21-23-12-6-3-7-13-23)45-33-29(39)35(46-25-16-10-5-11-17-25)44-27(20-37)31(33)42-22-24-14-8-4-9-15-24/h2-17,26-39H,1,18-22H2/t26-,27-,28-,29-,30-,31-,32-,33-,34+,35+/m1/s1. The molecule has 3 aromatic rings. The summed E-state index contributed by atoms with van der Waals surface area (Å²) in [6, 6.07) is 28.4. The van der Waals surface area contributed by atoms with Gasteiger partial charge in [0.25, 0.3) is 0 Å². The van der Waals surface area contributed by atoms with Gasteiger partial charge >= 0.3 is 0 Å². The zero-order chi connectivity index (χ0) is 32.3. The summed E-state index contributed by atoms with van der Waals surface area (Å²) in [6.07, 6.45) is -8.15. The Morgan fingerprint density at radius 1 is 0.652 bits per heavy atom. The van der Waals surface area contributed by atoms with Crippen LogP contribution in [0.3, 0.4) is 0 Å². The first-order valence-corrected chi connectivity index (χ1v) is 16.2. The average Bonchev–Trinajstić information content (AvgIpc) is 3.10. The molecule has 0 aliphatic carbocycles. The molecule has 10 atom stereocenters. The van der Waals surface area contributed by atoms with Crippen LogP contribution in [-0.4, -0.2) is 101 Å². The van der Waals surface area contributed by atoms with Gasteiger partial charge in [-0.3, -0.25) is 0 Å². The van der Waals surface area contributed by atoms with E-state index in [0.29, 0.717) is 0 Å². The quantitative estimate of drug-likeness (QED) is 0.180. The first-order valence-electron chi connectivity index (χ1n) is 15.3. The van der Waals surface area contributed by atoms with Gasteiger partial charge in [-0.25, -0.2) is 0 Å². The Hall–Kier alpha value is -2.65. The van der Waals surface area contributed by atoms with Crippen LogP contribution in [0, 0.1) is 0 Å². The molecule has 10 nitrogen and oxygen atoms in total. The molecule has 11 heteroatoms. The molecule has 248 valence electrons. The summed E-state index contributed by atoms with van der Waals surface area (Å²) >= 11 is 1.28. The number of hydrogen-bond donors (Lipinski definition) is 4. The van der Waals surface area contributed by atoms with E-state index in [0.717, 1.165) is 16.0 Å². The molecule has 0 amide bonds. The third kappa shape index (κ3) is 8.82. The summed E-state index contributed by atoms with van der Waals surface area (Å²) in [5.74, 6) is 0. The maximum absolute atomic E-state index is 11.7. The summed E-state index contributed by atoms with van der Waals surface area (Å²) in [6.45, 7) is 3.31. The topological polar surface area (TPSA) is 136 Å². The zero-order valence-electron chi connectivity index (χ0n) is 25.4. The lowest BCUT2D eigenvalue weighted by Gasteiger charge is -2.48. The molecular formula is C35H42O10S. The monoisotopic (exact) mass is 654 g/mol. The fourth-order valence-electron chi connectivity index (χ4n) is 5.54. The van der Waals surface area contributed by atoms with Crippen molar-refractivity contribution in [3.63, 3.8) is 0 Å². The molecule has 2 aliphatic rings. The first kappa shape index (κ1) is 34.7. The molecule has 2 fully saturated rings. The Balaban J connectivity index is 1.39. The molecule has 2 saturated heterocycles. The maximum atomic E-state index is 11.7. The predicted molar refractivity (Wildman–Crippen MR) is 171 cm³/mol. The molecule has 2 aliphatic heterocycles. The minimum absolute atomic E-state index is 0.100. The molecule has 0 saturated carbocycles. The van der Waals surface area contributed by atoms with E-state index in [-0.39, 0.29) is 19.8 Å². The van der Waals surface area contributed by atoms with Gasteiger partial charge in [0, 0.05) is 4.90 Å². The molecule has 5 rings (SSSR count).